The van der Waals surface area contributed by atoms with Crippen LogP contribution in [0.25, 0.3) is 0 Å². The van der Waals surface area contributed by atoms with Crippen molar-refractivity contribution in [3.8, 4) is 0 Å². The van der Waals surface area contributed by atoms with Gasteiger partial charge in [-0.3, -0.25) is 9.79 Å². The maximum absolute atomic E-state index is 10.4. The second-order valence-corrected chi connectivity index (χ2v) is 2.23. The lowest BCUT2D eigenvalue weighted by Gasteiger charge is -2.07. The Hall–Kier alpha value is -1.26. The Morgan fingerprint density at radius 3 is 2.33 bits per heavy atom. The first-order valence-corrected chi connectivity index (χ1v) is 3.83. The summed E-state index contributed by atoms with van der Waals surface area (Å²) >= 11 is 0. The third kappa shape index (κ3) is 5.52. The molecule has 5 nitrogen and oxygen atoms in total. The molecular weight excluding hydrogens is 156 g/mol. The number of carbonyl (C=O) groups excluding carboxylic acids is 1. The highest BCUT2D eigenvalue weighted by Crippen LogP contribution is 1.64. The molecule has 0 aromatic rings. The van der Waals surface area contributed by atoms with E-state index in [-0.39, 0.29) is 5.91 Å². The third-order valence-electron chi connectivity index (χ3n) is 1.25. The summed E-state index contributed by atoms with van der Waals surface area (Å²) in [5, 5.41) is 8.53. The molecule has 0 fully saturated rings. The van der Waals surface area contributed by atoms with Gasteiger partial charge in [0.25, 0.3) is 0 Å². The number of rotatable bonds is 3. The number of hydrogen-bond acceptors (Lipinski definition) is 2. The van der Waals surface area contributed by atoms with Gasteiger partial charge >= 0.3 is 0 Å². The molecule has 0 aliphatic heterocycles. The maximum Gasteiger partial charge on any atom is 0.216 e. The predicted octanol–water partition coefficient (Wildman–Crippen LogP) is -1.08. The Bertz CT molecular complexity index is 167. The fourth-order valence-electron chi connectivity index (χ4n) is 0.699. The van der Waals surface area contributed by atoms with Crippen molar-refractivity contribution in [2.24, 2.45) is 4.99 Å². The minimum atomic E-state index is -0.0174. The van der Waals surface area contributed by atoms with Crippen LogP contribution < -0.4 is 16.0 Å². The lowest BCUT2D eigenvalue weighted by molar-refractivity contribution is -0.118. The number of nitrogens with zero attached hydrogens (tertiary/aromatic N) is 1. The van der Waals surface area contributed by atoms with Crippen LogP contribution in [0.5, 0.6) is 0 Å². The van der Waals surface area contributed by atoms with E-state index in [0.29, 0.717) is 13.1 Å². The van der Waals surface area contributed by atoms with Crippen molar-refractivity contribution in [2.45, 2.75) is 6.92 Å². The molecule has 0 saturated carbocycles. The number of nitrogens with one attached hydrogen (secondary N) is 3. The van der Waals surface area contributed by atoms with Gasteiger partial charge in [0.2, 0.25) is 5.91 Å². The lowest BCUT2D eigenvalue weighted by atomic mass is 10.6. The monoisotopic (exact) mass is 172 g/mol. The molecule has 0 aliphatic carbocycles. The van der Waals surface area contributed by atoms with Gasteiger partial charge in [-0.2, -0.15) is 0 Å². The number of carbonyl (C=O) groups is 1. The zero-order valence-corrected chi connectivity index (χ0v) is 7.77. The summed E-state index contributed by atoms with van der Waals surface area (Å²) in [6.45, 7) is 2.77. The van der Waals surface area contributed by atoms with Gasteiger partial charge in [-0.15, -0.1) is 0 Å². The van der Waals surface area contributed by atoms with Crippen molar-refractivity contribution < 1.29 is 4.79 Å². The molecule has 0 rings (SSSR count). The molecule has 5 heteroatoms. The zero-order chi connectivity index (χ0) is 9.40. The molecule has 1 amide bonds. The molecule has 12 heavy (non-hydrogen) atoms. The Kier molecular flexibility index (Phi) is 5.77. The highest BCUT2D eigenvalue weighted by atomic mass is 16.1. The van der Waals surface area contributed by atoms with Crippen LogP contribution in [-0.2, 0) is 4.79 Å². The van der Waals surface area contributed by atoms with Crippen LogP contribution in [0.15, 0.2) is 4.99 Å². The van der Waals surface area contributed by atoms with E-state index in [2.05, 4.69) is 20.9 Å². The Morgan fingerprint density at radius 1 is 1.33 bits per heavy atom. The van der Waals surface area contributed by atoms with E-state index in [0.717, 1.165) is 5.96 Å². The minimum Gasteiger partial charge on any atom is -0.359 e. The highest BCUT2D eigenvalue weighted by Gasteiger charge is 1.92. The largest absolute Gasteiger partial charge is 0.359 e. The average molecular weight is 172 g/mol. The fourth-order valence-corrected chi connectivity index (χ4v) is 0.699. The van der Waals surface area contributed by atoms with Crippen LogP contribution in [-0.4, -0.2) is 39.1 Å². The molecule has 0 aromatic heterocycles. The van der Waals surface area contributed by atoms with E-state index >= 15 is 0 Å². The normalized spacial score (nSPS) is 10.8. The quantitative estimate of drug-likeness (QED) is 0.288. The van der Waals surface area contributed by atoms with E-state index in [9.17, 15) is 4.79 Å². The van der Waals surface area contributed by atoms with Gasteiger partial charge in [0, 0.05) is 34.1 Å². The van der Waals surface area contributed by atoms with Crippen LogP contribution in [0.4, 0.5) is 0 Å². The first-order valence-electron chi connectivity index (χ1n) is 3.83. The fraction of sp³-hybridized carbons (Fsp3) is 0.714. The molecule has 0 aromatic carbocycles. The van der Waals surface area contributed by atoms with E-state index < -0.39 is 0 Å². The second-order valence-electron chi connectivity index (χ2n) is 2.23. The predicted molar refractivity (Wildman–Crippen MR) is 49.1 cm³/mol. The van der Waals surface area contributed by atoms with Crippen molar-refractivity contribution in [2.75, 3.05) is 27.2 Å². The number of guanidine groups is 1. The first kappa shape index (κ1) is 10.7. The topological polar surface area (TPSA) is 65.5 Å². The molecule has 0 atom stereocenters. The summed E-state index contributed by atoms with van der Waals surface area (Å²) < 4.78 is 0. The van der Waals surface area contributed by atoms with Gasteiger partial charge < -0.3 is 16.0 Å². The highest BCUT2D eigenvalue weighted by molar-refractivity contribution is 5.79. The van der Waals surface area contributed by atoms with Crippen molar-refractivity contribution in [1.82, 2.24) is 16.0 Å². The number of hydrogen-bond donors (Lipinski definition) is 3. The summed E-state index contributed by atoms with van der Waals surface area (Å²) in [7, 11) is 3.48. The number of aliphatic imine (C=N–C) groups is 1. The Morgan fingerprint density at radius 2 is 1.92 bits per heavy atom. The van der Waals surface area contributed by atoms with E-state index in [4.69, 9.17) is 0 Å². The van der Waals surface area contributed by atoms with Crippen molar-refractivity contribution in [1.29, 1.82) is 0 Å². The van der Waals surface area contributed by atoms with Crippen LogP contribution in [0, 0.1) is 0 Å². The van der Waals surface area contributed by atoms with E-state index in [1.54, 1.807) is 14.1 Å². The van der Waals surface area contributed by atoms with E-state index in [1.807, 2.05) is 0 Å². The molecule has 3 N–H and O–H groups in total. The minimum absolute atomic E-state index is 0.0174. The zero-order valence-electron chi connectivity index (χ0n) is 7.77. The van der Waals surface area contributed by atoms with Gasteiger partial charge in [-0.25, -0.2) is 0 Å². The van der Waals surface area contributed by atoms with Crippen LogP contribution in [0.1, 0.15) is 6.92 Å². The van der Waals surface area contributed by atoms with Crippen molar-refractivity contribution >= 4 is 11.9 Å². The third-order valence-corrected chi connectivity index (χ3v) is 1.25. The summed E-state index contributed by atoms with van der Waals surface area (Å²) in [6, 6.07) is 0. The molecular formula is C7H16N4O. The van der Waals surface area contributed by atoms with Gasteiger partial charge in [-0.1, -0.05) is 0 Å². The molecule has 70 valence electrons. The molecule has 0 aliphatic rings. The van der Waals surface area contributed by atoms with Crippen LogP contribution >= 0.6 is 0 Å². The van der Waals surface area contributed by atoms with Crippen molar-refractivity contribution in [3.63, 3.8) is 0 Å². The Labute approximate surface area is 72.6 Å². The van der Waals surface area contributed by atoms with Gasteiger partial charge in [0.05, 0.1) is 0 Å². The molecule has 0 bridgehead atoms. The summed E-state index contributed by atoms with van der Waals surface area (Å²) in [4.78, 5) is 14.3. The SMILES string of the molecule is CN=C(NC)NCCNC(C)=O. The summed E-state index contributed by atoms with van der Waals surface area (Å²) in [5.74, 6) is 0.705. The van der Waals surface area contributed by atoms with Gasteiger partial charge in [0.1, 0.15) is 0 Å². The molecule has 0 unspecified atom stereocenters. The van der Waals surface area contributed by atoms with Gasteiger partial charge in [-0.05, 0) is 0 Å². The molecule has 0 heterocycles. The first-order chi connectivity index (χ1) is 5.70. The van der Waals surface area contributed by atoms with Crippen molar-refractivity contribution in [3.05, 3.63) is 0 Å². The molecule has 0 spiro atoms. The summed E-state index contributed by atoms with van der Waals surface area (Å²) in [6.07, 6.45) is 0. The standard InChI is InChI=1S/C7H16N4O/c1-6(12)10-4-5-11-7(8-2)9-3/h4-5H2,1-3H3,(H,10,12)(H2,8,9,11). The van der Waals surface area contributed by atoms with Crippen LogP contribution in [0.2, 0.25) is 0 Å². The smallest absolute Gasteiger partial charge is 0.216 e. The molecule has 0 radical (unpaired) electrons. The lowest BCUT2D eigenvalue weighted by Crippen LogP contribution is -2.39. The van der Waals surface area contributed by atoms with Gasteiger partial charge in [0.15, 0.2) is 5.96 Å². The molecule has 0 saturated heterocycles. The summed E-state index contributed by atoms with van der Waals surface area (Å²) in [5.41, 5.74) is 0. The second kappa shape index (κ2) is 6.45. The number of amides is 1. The van der Waals surface area contributed by atoms with Crippen LogP contribution in [0.3, 0.4) is 0 Å². The van der Waals surface area contributed by atoms with E-state index in [1.165, 1.54) is 6.92 Å². The Balaban J connectivity index is 3.36. The average Bonchev–Trinajstić information content (AvgIpc) is 2.04. The maximum atomic E-state index is 10.4.